The van der Waals surface area contributed by atoms with Crippen molar-refractivity contribution in [3.63, 3.8) is 0 Å². The first-order valence-corrected chi connectivity index (χ1v) is 8.85. The largest absolute Gasteiger partial charge is 0.475 e. The molecule has 0 saturated carbocycles. The zero-order valence-electron chi connectivity index (χ0n) is 13.0. The highest BCUT2D eigenvalue weighted by molar-refractivity contribution is 6.36. The molecule has 130 valence electrons. The van der Waals surface area contributed by atoms with E-state index < -0.39 is 11.8 Å². The summed E-state index contributed by atoms with van der Waals surface area (Å²) in [6.07, 6.45) is -0.429. The van der Waals surface area contributed by atoms with Crippen LogP contribution in [0.2, 0.25) is 15.1 Å². The molecule has 0 aromatic heterocycles. The van der Waals surface area contributed by atoms with Crippen LogP contribution in [0.3, 0.4) is 0 Å². The fourth-order valence-corrected chi connectivity index (χ4v) is 3.41. The first-order valence-electron chi connectivity index (χ1n) is 7.71. The van der Waals surface area contributed by atoms with Crippen molar-refractivity contribution in [1.29, 1.82) is 0 Å². The number of nitrogens with zero attached hydrogens (tertiary/aromatic N) is 1. The van der Waals surface area contributed by atoms with E-state index in [9.17, 15) is 0 Å². The molecule has 2 aromatic rings. The molecule has 0 bridgehead atoms. The smallest absolute Gasteiger partial charge is 0.218 e. The van der Waals surface area contributed by atoms with E-state index in [4.69, 9.17) is 49.0 Å². The Kier molecular flexibility index (Phi) is 4.65. The summed E-state index contributed by atoms with van der Waals surface area (Å²) in [5.74, 6) is 0.485. The van der Waals surface area contributed by atoms with Gasteiger partial charge >= 0.3 is 0 Å². The maximum absolute atomic E-state index is 6.23. The second-order valence-corrected chi connectivity index (χ2v) is 7.34. The summed E-state index contributed by atoms with van der Waals surface area (Å²) in [6, 6.07) is 12.6. The van der Waals surface area contributed by atoms with Gasteiger partial charge in [0, 0.05) is 15.6 Å². The second kappa shape index (κ2) is 6.78. The Bertz CT molecular complexity index is 815. The van der Waals surface area contributed by atoms with Crippen molar-refractivity contribution in [1.82, 2.24) is 0 Å². The Morgan fingerprint density at radius 2 is 1.56 bits per heavy atom. The predicted molar refractivity (Wildman–Crippen MR) is 97.8 cm³/mol. The van der Waals surface area contributed by atoms with Gasteiger partial charge in [-0.15, -0.1) is 0 Å². The molecule has 25 heavy (non-hydrogen) atoms. The van der Waals surface area contributed by atoms with Crippen molar-refractivity contribution in [3.8, 4) is 0 Å². The van der Waals surface area contributed by atoms with Gasteiger partial charge in [0.15, 0.2) is 6.29 Å². The summed E-state index contributed by atoms with van der Waals surface area (Å²) in [4.78, 5) is 4.68. The summed E-state index contributed by atoms with van der Waals surface area (Å²) >= 11 is 18.1. The van der Waals surface area contributed by atoms with E-state index >= 15 is 0 Å². The van der Waals surface area contributed by atoms with Crippen LogP contribution in [0.25, 0.3) is 0 Å². The minimum absolute atomic E-state index is 0.384. The predicted octanol–water partition coefficient (Wildman–Crippen LogP) is 4.91. The van der Waals surface area contributed by atoms with E-state index in [0.717, 1.165) is 5.56 Å². The van der Waals surface area contributed by atoms with Gasteiger partial charge in [0.2, 0.25) is 5.90 Å². The number of halogens is 3. The lowest BCUT2D eigenvalue weighted by Gasteiger charge is -2.33. The molecule has 1 saturated heterocycles. The number of hydrogen-bond donors (Lipinski definition) is 0. The molecule has 0 aliphatic carbocycles. The number of aliphatic imine (C=N–C) groups is 1. The quantitative estimate of drug-likeness (QED) is 0.722. The van der Waals surface area contributed by atoms with Crippen LogP contribution in [-0.2, 0) is 14.2 Å². The molecular weight excluding hydrogens is 385 g/mol. The summed E-state index contributed by atoms with van der Waals surface area (Å²) in [6.45, 7) is 1.18. The topological polar surface area (TPSA) is 40.0 Å². The lowest BCUT2D eigenvalue weighted by molar-refractivity contribution is -0.212. The van der Waals surface area contributed by atoms with Crippen LogP contribution in [0.4, 0.5) is 0 Å². The molecule has 0 unspecified atom stereocenters. The van der Waals surface area contributed by atoms with Crippen molar-refractivity contribution in [2.75, 3.05) is 19.8 Å². The molecule has 0 radical (unpaired) electrons. The maximum Gasteiger partial charge on any atom is 0.218 e. The Morgan fingerprint density at radius 1 is 0.880 bits per heavy atom. The molecule has 2 aliphatic rings. The fraction of sp³-hybridized carbons (Fsp3) is 0.278. The molecule has 2 heterocycles. The third-order valence-electron chi connectivity index (χ3n) is 4.13. The maximum atomic E-state index is 6.23. The van der Waals surface area contributed by atoms with E-state index in [1.165, 1.54) is 0 Å². The van der Waals surface area contributed by atoms with Gasteiger partial charge in [0.05, 0.1) is 23.8 Å². The first-order chi connectivity index (χ1) is 12.0. The van der Waals surface area contributed by atoms with Crippen molar-refractivity contribution in [3.05, 3.63) is 68.7 Å². The van der Waals surface area contributed by atoms with Gasteiger partial charge in [-0.25, -0.2) is 4.99 Å². The zero-order chi connectivity index (χ0) is 17.4. The standard InChI is InChI=1S/C18H14Cl3NO3/c19-12-3-1-11(2-4-12)17-24-9-18(10-25-17)8-23-16(22-18)14-6-5-13(20)7-15(14)21/h1-7,17H,8-10H2. The Balaban J connectivity index is 1.49. The third-order valence-corrected chi connectivity index (χ3v) is 4.93. The number of rotatable bonds is 2. The molecule has 1 fully saturated rings. The van der Waals surface area contributed by atoms with E-state index in [2.05, 4.69) is 4.99 Å². The van der Waals surface area contributed by atoms with Crippen LogP contribution in [0.1, 0.15) is 17.4 Å². The highest BCUT2D eigenvalue weighted by Gasteiger charge is 2.43. The van der Waals surface area contributed by atoms with Gasteiger partial charge in [-0.05, 0) is 30.3 Å². The van der Waals surface area contributed by atoms with Gasteiger partial charge in [-0.1, -0.05) is 46.9 Å². The SMILES string of the molecule is Clc1ccc(C2OCC3(COC(c4ccc(Cl)cc4Cl)=N3)CO2)cc1. The average molecular weight is 399 g/mol. The summed E-state index contributed by atoms with van der Waals surface area (Å²) in [5, 5.41) is 1.74. The van der Waals surface area contributed by atoms with Gasteiger partial charge in [0.1, 0.15) is 12.1 Å². The van der Waals surface area contributed by atoms with Crippen molar-refractivity contribution in [2.24, 2.45) is 4.99 Å². The summed E-state index contributed by atoms with van der Waals surface area (Å²) < 4.78 is 17.5. The van der Waals surface area contributed by atoms with Crippen LogP contribution in [0.15, 0.2) is 47.5 Å². The van der Waals surface area contributed by atoms with Gasteiger partial charge in [-0.2, -0.15) is 0 Å². The fourth-order valence-electron chi connectivity index (χ4n) is 2.80. The van der Waals surface area contributed by atoms with Gasteiger partial charge < -0.3 is 14.2 Å². The van der Waals surface area contributed by atoms with Crippen molar-refractivity contribution in [2.45, 2.75) is 11.8 Å². The van der Waals surface area contributed by atoms with Crippen molar-refractivity contribution >= 4 is 40.7 Å². The second-order valence-electron chi connectivity index (χ2n) is 6.06. The third kappa shape index (κ3) is 3.50. The van der Waals surface area contributed by atoms with Gasteiger partial charge in [-0.3, -0.25) is 0 Å². The van der Waals surface area contributed by atoms with Crippen molar-refractivity contribution < 1.29 is 14.2 Å². The lowest BCUT2D eigenvalue weighted by atomic mass is 10.0. The number of ether oxygens (including phenoxy) is 3. The monoisotopic (exact) mass is 397 g/mol. The minimum atomic E-state index is -0.554. The number of hydrogen-bond acceptors (Lipinski definition) is 4. The Labute approximate surface area is 160 Å². The Hall–Kier alpha value is -1.30. The molecule has 4 rings (SSSR count). The van der Waals surface area contributed by atoms with E-state index in [-0.39, 0.29) is 0 Å². The molecular formula is C18H14Cl3NO3. The molecule has 4 nitrogen and oxygen atoms in total. The summed E-state index contributed by atoms with van der Waals surface area (Å²) in [7, 11) is 0. The van der Waals surface area contributed by atoms with Gasteiger partial charge in [0.25, 0.3) is 0 Å². The first kappa shape index (κ1) is 17.1. The average Bonchev–Trinajstić information content (AvgIpc) is 3.00. The molecule has 0 N–H and O–H groups in total. The molecule has 2 aromatic carbocycles. The van der Waals surface area contributed by atoms with E-state index in [0.29, 0.717) is 46.3 Å². The molecule has 0 amide bonds. The molecule has 7 heteroatoms. The number of benzene rings is 2. The van der Waals surface area contributed by atoms with Crippen LogP contribution in [0, 0.1) is 0 Å². The Morgan fingerprint density at radius 3 is 2.24 bits per heavy atom. The van der Waals surface area contributed by atoms with Crippen LogP contribution < -0.4 is 0 Å². The minimum Gasteiger partial charge on any atom is -0.475 e. The van der Waals surface area contributed by atoms with E-state index in [1.807, 2.05) is 24.3 Å². The van der Waals surface area contributed by atoms with E-state index in [1.54, 1.807) is 18.2 Å². The van der Waals surface area contributed by atoms with Crippen LogP contribution in [-0.4, -0.2) is 31.3 Å². The summed E-state index contributed by atoms with van der Waals surface area (Å²) in [5.41, 5.74) is 1.08. The molecule has 0 atom stereocenters. The molecule has 1 spiro atoms. The van der Waals surface area contributed by atoms with Crippen LogP contribution in [0.5, 0.6) is 0 Å². The normalized spacial score (nSPS) is 25.7. The molecule has 2 aliphatic heterocycles. The van der Waals surface area contributed by atoms with Crippen LogP contribution >= 0.6 is 34.8 Å². The highest BCUT2D eigenvalue weighted by Crippen LogP contribution is 2.34. The lowest BCUT2D eigenvalue weighted by Crippen LogP contribution is -2.44. The highest BCUT2D eigenvalue weighted by atomic mass is 35.5. The zero-order valence-corrected chi connectivity index (χ0v) is 15.3.